The molecular formula is C90H50Cl4N12O4S. The number of halogens is 4. The average Bonchev–Trinajstić information content (AvgIpc) is 1.51. The molecule has 13 aromatic carbocycles. The topological polar surface area (TPSA) is 207 Å². The molecule has 0 spiro atoms. The Kier molecular flexibility index (Phi) is 17.9. The molecule has 0 aliphatic heterocycles. The molecule has 22 rings (SSSR count). The molecule has 0 unspecified atom stereocenters. The normalized spacial score (nSPS) is 11.4. The Labute approximate surface area is 654 Å². The molecule has 528 valence electrons. The lowest BCUT2D eigenvalue weighted by atomic mass is 10.1. The second kappa shape index (κ2) is 29.2. The zero-order valence-electron chi connectivity index (χ0n) is 57.8. The van der Waals surface area contributed by atoms with Gasteiger partial charge < -0.3 is 17.7 Å². The van der Waals surface area contributed by atoms with Gasteiger partial charge in [-0.2, -0.15) is 39.9 Å². The van der Waals surface area contributed by atoms with Gasteiger partial charge in [0.2, 0.25) is 21.1 Å². The summed E-state index contributed by atoms with van der Waals surface area (Å²) in [4.78, 5) is 53.1. The van der Waals surface area contributed by atoms with E-state index in [4.69, 9.17) is 69.1 Å². The molecule has 0 atom stereocenters. The number of hydrogen-bond acceptors (Lipinski definition) is 17. The number of para-hydroxylation sites is 4. The molecule has 9 aromatic heterocycles. The van der Waals surface area contributed by atoms with Crippen molar-refractivity contribution in [1.29, 1.82) is 0 Å². The number of benzene rings is 13. The highest BCUT2D eigenvalue weighted by molar-refractivity contribution is 7.25. The van der Waals surface area contributed by atoms with E-state index in [1.807, 2.05) is 267 Å². The molecule has 9 heterocycles. The Morgan fingerprint density at radius 1 is 0.189 bits per heavy atom. The highest BCUT2D eigenvalue weighted by Gasteiger charge is 2.20. The van der Waals surface area contributed by atoms with Crippen molar-refractivity contribution in [3.63, 3.8) is 0 Å². The van der Waals surface area contributed by atoms with Gasteiger partial charge in [-0.15, -0.1) is 11.3 Å². The molecule has 0 saturated carbocycles. The van der Waals surface area contributed by atoms with E-state index in [0.717, 1.165) is 132 Å². The van der Waals surface area contributed by atoms with Crippen LogP contribution in [-0.2, 0) is 0 Å². The molecule has 0 N–H and O–H groups in total. The van der Waals surface area contributed by atoms with Crippen molar-refractivity contribution in [2.45, 2.75) is 0 Å². The van der Waals surface area contributed by atoms with Crippen LogP contribution in [-0.4, -0.2) is 59.8 Å². The van der Waals surface area contributed by atoms with Crippen LogP contribution in [0.3, 0.4) is 0 Å². The molecule has 0 bridgehead atoms. The van der Waals surface area contributed by atoms with E-state index in [9.17, 15) is 0 Å². The molecule has 22 aromatic rings. The van der Waals surface area contributed by atoms with Crippen molar-refractivity contribution >= 4 is 166 Å². The standard InChI is InChI=1S/C27H14ClN3O2.2C21H12ClN3O.C21H12ClN3S/c28-27-30-25(15-9-11-19-17-5-1-3-7-21(17)32-23(19)13-15)29-26(31-27)16-10-12-20-18-6-2-4-8-22(18)33-24(20)14-16;22-21-24-19(13-7-2-1-3-8-13)23-20(25-21)15-10-6-12-17-18(15)14-9-4-5-11-16(14)26-17;2*22-21-24-19(13-6-2-1-3-7-13)23-20(25-21)14-10-11-16-15-8-4-5-9-17(15)26-18(16)12-14/h1-14H;3*1-12H. The highest BCUT2D eigenvalue weighted by Crippen LogP contribution is 2.41. The van der Waals surface area contributed by atoms with Gasteiger partial charge >= 0.3 is 0 Å². The van der Waals surface area contributed by atoms with Crippen LogP contribution in [0.15, 0.2) is 321 Å². The first-order valence-electron chi connectivity index (χ1n) is 35.0. The minimum atomic E-state index is 0.129. The summed E-state index contributed by atoms with van der Waals surface area (Å²) in [7, 11) is 0. The fourth-order valence-electron chi connectivity index (χ4n) is 13.6. The SMILES string of the molecule is Clc1nc(-c2ccc3c(c2)oc2ccccc23)nc(-c2ccc3c(c2)oc2ccccc23)n1.Clc1nc(-c2ccccc2)nc(-c2ccc3c(c2)oc2ccccc23)n1.Clc1nc(-c2ccccc2)nc(-c2ccc3c(c2)sc2ccccc23)n1.Clc1nc(-c2ccccc2)nc(-c2cccc3oc4ccccc4c23)n1. The van der Waals surface area contributed by atoms with Crippen molar-refractivity contribution < 1.29 is 17.7 Å². The number of hydrogen-bond donors (Lipinski definition) is 0. The van der Waals surface area contributed by atoms with Crippen molar-refractivity contribution in [3.8, 4) is 91.1 Å². The summed E-state index contributed by atoms with van der Waals surface area (Å²) in [6.07, 6.45) is 0. The Morgan fingerprint density at radius 2 is 0.468 bits per heavy atom. The van der Waals surface area contributed by atoms with Gasteiger partial charge in [0, 0.05) is 108 Å². The van der Waals surface area contributed by atoms with Crippen LogP contribution in [0.4, 0.5) is 0 Å². The predicted octanol–water partition coefficient (Wildman–Crippen LogP) is 25.4. The summed E-state index contributed by atoms with van der Waals surface area (Å²) < 4.78 is 26.4. The maximum absolute atomic E-state index is 6.31. The molecular weight excluding hydrogens is 1490 g/mol. The Balaban J connectivity index is 0.000000101. The largest absolute Gasteiger partial charge is 0.456 e. The number of thiophene rings is 1. The molecule has 16 nitrogen and oxygen atoms in total. The first-order valence-corrected chi connectivity index (χ1v) is 37.3. The maximum atomic E-state index is 6.31. The minimum absolute atomic E-state index is 0.129. The molecule has 0 fully saturated rings. The number of rotatable bonds is 8. The summed E-state index contributed by atoms with van der Waals surface area (Å²) >= 11 is 26.6. The lowest BCUT2D eigenvalue weighted by molar-refractivity contribution is 0.668. The first-order chi connectivity index (χ1) is 54.6. The smallest absolute Gasteiger partial charge is 0.226 e. The van der Waals surface area contributed by atoms with E-state index < -0.39 is 0 Å². The van der Waals surface area contributed by atoms with Gasteiger partial charge in [-0.05, 0) is 125 Å². The highest BCUT2D eigenvalue weighted by atomic mass is 35.5. The van der Waals surface area contributed by atoms with Crippen molar-refractivity contribution in [1.82, 2.24) is 59.8 Å². The van der Waals surface area contributed by atoms with Gasteiger partial charge in [0.05, 0.1) is 0 Å². The monoisotopic (exact) mass is 1530 g/mol. The van der Waals surface area contributed by atoms with Gasteiger partial charge in [0.1, 0.15) is 44.7 Å². The summed E-state index contributed by atoms with van der Waals surface area (Å²) in [5.41, 5.74) is 13.5. The Bertz CT molecular complexity index is 6990. The van der Waals surface area contributed by atoms with E-state index in [2.05, 4.69) is 91.2 Å². The van der Waals surface area contributed by atoms with Crippen molar-refractivity contribution in [3.05, 3.63) is 324 Å². The fourth-order valence-corrected chi connectivity index (χ4v) is 15.4. The summed E-state index contributed by atoms with van der Waals surface area (Å²) in [6, 6.07) is 99.5. The number of fused-ring (bicyclic) bond motifs is 15. The maximum Gasteiger partial charge on any atom is 0.226 e. The average molecular weight is 1540 g/mol. The number of nitrogens with zero attached hydrogens (tertiary/aromatic N) is 12. The van der Waals surface area contributed by atoms with Crippen LogP contribution in [0, 0.1) is 0 Å². The van der Waals surface area contributed by atoms with Gasteiger partial charge in [-0.3, -0.25) is 0 Å². The van der Waals surface area contributed by atoms with Crippen LogP contribution in [0.2, 0.25) is 21.1 Å². The molecule has 0 aliphatic carbocycles. The zero-order chi connectivity index (χ0) is 74.5. The zero-order valence-corrected chi connectivity index (χ0v) is 61.6. The summed E-state index contributed by atoms with van der Waals surface area (Å²) in [5.74, 6) is 4.28. The summed E-state index contributed by atoms with van der Waals surface area (Å²) in [5, 5.41) is 11.6. The van der Waals surface area contributed by atoms with Crippen LogP contribution >= 0.6 is 57.7 Å². The van der Waals surface area contributed by atoms with Gasteiger partial charge in [0.15, 0.2) is 46.6 Å². The minimum Gasteiger partial charge on any atom is -0.456 e. The summed E-state index contributed by atoms with van der Waals surface area (Å²) in [6.45, 7) is 0. The first kappa shape index (κ1) is 68.0. The van der Waals surface area contributed by atoms with E-state index in [-0.39, 0.29) is 21.1 Å². The predicted molar refractivity (Wildman–Crippen MR) is 445 cm³/mol. The lowest BCUT2D eigenvalue weighted by Crippen LogP contribution is -1.97. The molecule has 21 heteroatoms. The van der Waals surface area contributed by atoms with Crippen LogP contribution < -0.4 is 0 Å². The van der Waals surface area contributed by atoms with Crippen LogP contribution in [0.5, 0.6) is 0 Å². The fraction of sp³-hybridized carbons (Fsp3) is 0. The number of furan rings is 4. The molecule has 0 aliphatic rings. The lowest BCUT2D eigenvalue weighted by Gasteiger charge is -2.06. The third kappa shape index (κ3) is 13.6. The van der Waals surface area contributed by atoms with Gasteiger partial charge in [-0.1, -0.05) is 224 Å². The van der Waals surface area contributed by atoms with Crippen molar-refractivity contribution in [2.24, 2.45) is 0 Å². The third-order valence-corrected chi connectivity index (χ3v) is 20.5. The Morgan fingerprint density at radius 3 is 0.883 bits per heavy atom. The molecule has 111 heavy (non-hydrogen) atoms. The quantitative estimate of drug-likeness (QED) is 0.139. The number of aromatic nitrogens is 12. The molecule has 0 amide bonds. The second-order valence-electron chi connectivity index (χ2n) is 25.6. The molecule has 0 radical (unpaired) electrons. The van der Waals surface area contributed by atoms with E-state index in [1.54, 1.807) is 11.3 Å². The van der Waals surface area contributed by atoms with Crippen LogP contribution in [0.1, 0.15) is 0 Å². The van der Waals surface area contributed by atoms with Gasteiger partial charge in [-0.25, -0.2) is 19.9 Å². The van der Waals surface area contributed by atoms with Crippen LogP contribution in [0.25, 0.3) is 199 Å². The third-order valence-electron chi connectivity index (χ3n) is 18.7. The van der Waals surface area contributed by atoms with E-state index >= 15 is 0 Å². The van der Waals surface area contributed by atoms with E-state index in [1.165, 1.54) is 20.2 Å². The Hall–Kier alpha value is -13.5. The second-order valence-corrected chi connectivity index (χ2v) is 28.1. The van der Waals surface area contributed by atoms with Gasteiger partial charge in [0.25, 0.3) is 0 Å². The van der Waals surface area contributed by atoms with Crippen molar-refractivity contribution in [2.75, 3.05) is 0 Å². The molecule has 0 saturated heterocycles. The van der Waals surface area contributed by atoms with E-state index in [0.29, 0.717) is 46.6 Å².